The van der Waals surface area contributed by atoms with E-state index in [0.717, 1.165) is 25.7 Å². The van der Waals surface area contributed by atoms with Crippen molar-refractivity contribution >= 4 is 11.9 Å². The van der Waals surface area contributed by atoms with Crippen LogP contribution in [-0.2, 0) is 9.59 Å². The van der Waals surface area contributed by atoms with Gasteiger partial charge in [0, 0.05) is 19.4 Å². The van der Waals surface area contributed by atoms with E-state index in [-0.39, 0.29) is 30.8 Å². The van der Waals surface area contributed by atoms with Crippen LogP contribution in [0.3, 0.4) is 0 Å². The Hall–Kier alpha value is -1.10. The van der Waals surface area contributed by atoms with E-state index >= 15 is 0 Å². The predicted octanol–water partition coefficient (Wildman–Crippen LogP) is 1.15. The summed E-state index contributed by atoms with van der Waals surface area (Å²) in [6.45, 7) is 2.35. The van der Waals surface area contributed by atoms with Crippen molar-refractivity contribution in [2.24, 2.45) is 11.8 Å². The molecule has 1 aliphatic rings. The van der Waals surface area contributed by atoms with Gasteiger partial charge in [0.15, 0.2) is 0 Å². The van der Waals surface area contributed by atoms with Gasteiger partial charge in [0.25, 0.3) is 0 Å². The minimum atomic E-state index is -0.870. The molecule has 0 aromatic rings. The van der Waals surface area contributed by atoms with Crippen LogP contribution in [0.15, 0.2) is 0 Å². The first-order valence-corrected chi connectivity index (χ1v) is 6.64. The summed E-state index contributed by atoms with van der Waals surface area (Å²) >= 11 is 0. The lowest BCUT2D eigenvalue weighted by molar-refractivity contribution is -0.138. The Morgan fingerprint density at radius 3 is 2.67 bits per heavy atom. The first-order valence-electron chi connectivity index (χ1n) is 6.64. The summed E-state index contributed by atoms with van der Waals surface area (Å²) in [5.74, 6) is -0.749. The zero-order valence-corrected chi connectivity index (χ0v) is 10.9. The highest BCUT2D eigenvalue weighted by molar-refractivity contribution is 5.77. The molecule has 1 amide bonds. The number of carboxylic acids is 1. The van der Waals surface area contributed by atoms with E-state index in [1.54, 1.807) is 6.92 Å². The van der Waals surface area contributed by atoms with E-state index in [1.807, 2.05) is 0 Å². The highest BCUT2D eigenvalue weighted by Gasteiger charge is 2.21. The molecule has 1 fully saturated rings. The molecular weight excluding hydrogens is 234 g/mol. The molecule has 18 heavy (non-hydrogen) atoms. The van der Waals surface area contributed by atoms with Crippen LogP contribution in [0, 0.1) is 11.8 Å². The van der Waals surface area contributed by atoms with Gasteiger partial charge in [-0.15, -0.1) is 0 Å². The van der Waals surface area contributed by atoms with Gasteiger partial charge in [-0.2, -0.15) is 0 Å². The maximum atomic E-state index is 11.6. The normalized spacial score (nSPS) is 25.4. The molecule has 1 rings (SSSR count). The van der Waals surface area contributed by atoms with E-state index in [0.29, 0.717) is 12.5 Å². The molecular formula is C13H23NO4. The topological polar surface area (TPSA) is 86.6 Å². The Bertz CT molecular complexity index is 293. The Morgan fingerprint density at radius 2 is 2.06 bits per heavy atom. The first-order chi connectivity index (χ1) is 8.47. The fraction of sp³-hybridized carbons (Fsp3) is 0.846. The standard InChI is InChI=1S/C13H23NO4/c1-9(6-13(17)18)5-12(16)14-8-10-3-2-4-11(15)7-10/h9-11,15H,2-8H2,1H3,(H,14,16)(H,17,18). The average Bonchev–Trinajstić information content (AvgIpc) is 2.25. The number of carbonyl (C=O) groups excluding carboxylic acids is 1. The second-order valence-electron chi connectivity index (χ2n) is 5.40. The molecule has 3 unspecified atom stereocenters. The minimum Gasteiger partial charge on any atom is -0.481 e. The predicted molar refractivity (Wildman–Crippen MR) is 67.0 cm³/mol. The fourth-order valence-corrected chi connectivity index (χ4v) is 2.47. The Labute approximate surface area is 108 Å². The molecule has 0 radical (unpaired) electrons. The summed E-state index contributed by atoms with van der Waals surface area (Å²) in [6, 6.07) is 0. The van der Waals surface area contributed by atoms with Crippen LogP contribution >= 0.6 is 0 Å². The van der Waals surface area contributed by atoms with Crippen LogP contribution in [0.5, 0.6) is 0 Å². The molecule has 0 aliphatic heterocycles. The molecule has 0 aromatic heterocycles. The van der Waals surface area contributed by atoms with Gasteiger partial charge in [-0.1, -0.05) is 13.3 Å². The smallest absolute Gasteiger partial charge is 0.303 e. The van der Waals surface area contributed by atoms with Crippen molar-refractivity contribution in [2.45, 2.75) is 51.6 Å². The summed E-state index contributed by atoms with van der Waals surface area (Å²) < 4.78 is 0. The lowest BCUT2D eigenvalue weighted by atomic mass is 9.87. The lowest BCUT2D eigenvalue weighted by Gasteiger charge is -2.26. The summed E-state index contributed by atoms with van der Waals surface area (Å²) in [5, 5.41) is 20.9. The molecule has 3 atom stereocenters. The number of carboxylic acid groups (broad SMARTS) is 1. The number of amides is 1. The third kappa shape index (κ3) is 6.00. The number of aliphatic hydroxyl groups excluding tert-OH is 1. The molecule has 0 aromatic carbocycles. The molecule has 5 nitrogen and oxygen atoms in total. The lowest BCUT2D eigenvalue weighted by Crippen LogP contribution is -2.33. The monoisotopic (exact) mass is 257 g/mol. The number of hydrogen-bond acceptors (Lipinski definition) is 3. The summed E-state index contributed by atoms with van der Waals surface area (Å²) in [4.78, 5) is 22.1. The van der Waals surface area contributed by atoms with Gasteiger partial charge in [-0.25, -0.2) is 0 Å². The molecule has 1 saturated carbocycles. The molecule has 104 valence electrons. The van der Waals surface area contributed by atoms with Crippen molar-refractivity contribution in [2.75, 3.05) is 6.54 Å². The Balaban J connectivity index is 2.18. The second-order valence-corrected chi connectivity index (χ2v) is 5.40. The van der Waals surface area contributed by atoms with Crippen molar-refractivity contribution in [3.05, 3.63) is 0 Å². The van der Waals surface area contributed by atoms with Crippen LogP contribution < -0.4 is 5.32 Å². The van der Waals surface area contributed by atoms with Gasteiger partial charge >= 0.3 is 5.97 Å². The van der Waals surface area contributed by atoms with Gasteiger partial charge in [-0.3, -0.25) is 9.59 Å². The molecule has 5 heteroatoms. The van der Waals surface area contributed by atoms with Crippen LogP contribution in [-0.4, -0.2) is 34.7 Å². The number of aliphatic carboxylic acids is 1. The summed E-state index contributed by atoms with van der Waals surface area (Å²) in [6.07, 6.45) is 3.72. The van der Waals surface area contributed by atoms with E-state index in [4.69, 9.17) is 5.11 Å². The maximum absolute atomic E-state index is 11.6. The summed E-state index contributed by atoms with van der Waals surface area (Å²) in [5.41, 5.74) is 0. The average molecular weight is 257 g/mol. The Morgan fingerprint density at radius 1 is 1.33 bits per heavy atom. The third-order valence-corrected chi connectivity index (χ3v) is 3.40. The molecule has 0 bridgehead atoms. The number of hydrogen-bond donors (Lipinski definition) is 3. The summed E-state index contributed by atoms with van der Waals surface area (Å²) in [7, 11) is 0. The number of rotatable bonds is 6. The molecule has 0 spiro atoms. The zero-order valence-electron chi connectivity index (χ0n) is 10.9. The highest BCUT2D eigenvalue weighted by atomic mass is 16.4. The van der Waals surface area contributed by atoms with Crippen molar-refractivity contribution < 1.29 is 19.8 Å². The van der Waals surface area contributed by atoms with Gasteiger partial charge < -0.3 is 15.5 Å². The SMILES string of the molecule is CC(CC(=O)O)CC(=O)NCC1CCCC(O)C1. The van der Waals surface area contributed by atoms with Crippen molar-refractivity contribution in [3.63, 3.8) is 0 Å². The minimum absolute atomic E-state index is 0.0234. The van der Waals surface area contributed by atoms with Crippen LogP contribution in [0.4, 0.5) is 0 Å². The first kappa shape index (κ1) is 15.0. The van der Waals surface area contributed by atoms with Crippen molar-refractivity contribution in [1.29, 1.82) is 0 Å². The quantitative estimate of drug-likeness (QED) is 0.666. The molecule has 3 N–H and O–H groups in total. The zero-order chi connectivity index (χ0) is 13.5. The van der Waals surface area contributed by atoms with Gasteiger partial charge in [0.2, 0.25) is 5.91 Å². The van der Waals surface area contributed by atoms with Crippen LogP contribution in [0.25, 0.3) is 0 Å². The third-order valence-electron chi connectivity index (χ3n) is 3.40. The number of nitrogens with one attached hydrogen (secondary N) is 1. The number of aliphatic hydroxyl groups is 1. The van der Waals surface area contributed by atoms with Gasteiger partial charge in [-0.05, 0) is 31.1 Å². The largest absolute Gasteiger partial charge is 0.481 e. The van der Waals surface area contributed by atoms with E-state index < -0.39 is 5.97 Å². The van der Waals surface area contributed by atoms with E-state index in [9.17, 15) is 14.7 Å². The molecule has 0 heterocycles. The molecule has 1 aliphatic carbocycles. The van der Waals surface area contributed by atoms with Crippen LogP contribution in [0.1, 0.15) is 45.4 Å². The van der Waals surface area contributed by atoms with Gasteiger partial charge in [0.05, 0.1) is 6.10 Å². The highest BCUT2D eigenvalue weighted by Crippen LogP contribution is 2.23. The fourth-order valence-electron chi connectivity index (χ4n) is 2.47. The number of carbonyl (C=O) groups is 2. The van der Waals surface area contributed by atoms with Crippen LogP contribution in [0.2, 0.25) is 0 Å². The van der Waals surface area contributed by atoms with Crippen molar-refractivity contribution in [3.8, 4) is 0 Å². The second kappa shape index (κ2) is 7.36. The van der Waals surface area contributed by atoms with E-state index in [1.165, 1.54) is 0 Å². The van der Waals surface area contributed by atoms with Gasteiger partial charge in [0.1, 0.15) is 0 Å². The maximum Gasteiger partial charge on any atom is 0.303 e. The van der Waals surface area contributed by atoms with Crippen molar-refractivity contribution in [1.82, 2.24) is 5.32 Å². The molecule has 0 saturated heterocycles. The Kier molecular flexibility index (Phi) is 6.12. The van der Waals surface area contributed by atoms with E-state index in [2.05, 4.69) is 5.32 Å².